The van der Waals surface area contributed by atoms with Crippen LogP contribution in [0.3, 0.4) is 0 Å². The van der Waals surface area contributed by atoms with Gasteiger partial charge in [0.2, 0.25) is 5.91 Å². The minimum absolute atomic E-state index is 0.0308. The van der Waals surface area contributed by atoms with Gasteiger partial charge in [-0.2, -0.15) is 4.98 Å². The summed E-state index contributed by atoms with van der Waals surface area (Å²) in [6.07, 6.45) is 0. The first-order valence-electron chi connectivity index (χ1n) is 8.77. The van der Waals surface area contributed by atoms with Crippen LogP contribution in [-0.2, 0) is 16.8 Å². The number of carbonyl (C=O) groups excluding carboxylic acids is 1. The summed E-state index contributed by atoms with van der Waals surface area (Å²) in [5.74, 6) is -0.323. The standard InChI is InChI=1S/C21H25N3O2/c1-13(15-7-10-17-18(11-15)26-20(22)24-17)19(25)23-12-14-5-8-16(9-6-14)21(2,3)4/h5-11,13H,12H2,1-4H3,(H2,22,24)(H,23,25). The summed E-state index contributed by atoms with van der Waals surface area (Å²) >= 11 is 0. The lowest BCUT2D eigenvalue weighted by atomic mass is 9.87. The molecule has 0 radical (unpaired) electrons. The highest BCUT2D eigenvalue weighted by atomic mass is 16.4. The number of anilines is 1. The van der Waals surface area contributed by atoms with Crippen molar-refractivity contribution < 1.29 is 9.21 Å². The molecule has 1 amide bonds. The highest BCUT2D eigenvalue weighted by Gasteiger charge is 2.17. The number of nitrogen functional groups attached to an aromatic ring is 1. The Labute approximate surface area is 153 Å². The Morgan fingerprint density at radius 2 is 1.88 bits per heavy atom. The Balaban J connectivity index is 1.65. The second kappa shape index (κ2) is 6.83. The molecule has 26 heavy (non-hydrogen) atoms. The van der Waals surface area contributed by atoms with Crippen molar-refractivity contribution in [1.29, 1.82) is 0 Å². The van der Waals surface area contributed by atoms with E-state index in [0.717, 1.165) is 11.1 Å². The lowest BCUT2D eigenvalue weighted by Gasteiger charge is -2.19. The minimum Gasteiger partial charge on any atom is -0.424 e. The molecule has 1 atom stereocenters. The molecule has 2 aromatic carbocycles. The first kappa shape index (κ1) is 18.0. The van der Waals surface area contributed by atoms with Gasteiger partial charge in [-0.25, -0.2) is 0 Å². The van der Waals surface area contributed by atoms with Gasteiger partial charge < -0.3 is 15.5 Å². The molecule has 1 aromatic heterocycles. The Morgan fingerprint density at radius 1 is 1.19 bits per heavy atom. The highest BCUT2D eigenvalue weighted by Crippen LogP contribution is 2.24. The van der Waals surface area contributed by atoms with Crippen LogP contribution in [0, 0.1) is 0 Å². The summed E-state index contributed by atoms with van der Waals surface area (Å²) in [6, 6.07) is 14.0. The maximum Gasteiger partial charge on any atom is 0.292 e. The van der Waals surface area contributed by atoms with Crippen LogP contribution in [0.5, 0.6) is 0 Å². The quantitative estimate of drug-likeness (QED) is 0.740. The molecule has 0 aliphatic carbocycles. The summed E-state index contributed by atoms with van der Waals surface area (Å²) < 4.78 is 5.34. The molecule has 0 aliphatic heterocycles. The van der Waals surface area contributed by atoms with E-state index in [1.165, 1.54) is 5.56 Å². The number of hydrogen-bond donors (Lipinski definition) is 2. The molecule has 3 aromatic rings. The van der Waals surface area contributed by atoms with E-state index in [2.05, 4.69) is 55.3 Å². The van der Waals surface area contributed by atoms with Crippen LogP contribution >= 0.6 is 0 Å². The van der Waals surface area contributed by atoms with E-state index < -0.39 is 0 Å². The second-order valence-corrected chi connectivity index (χ2v) is 7.67. The molecule has 3 N–H and O–H groups in total. The van der Waals surface area contributed by atoms with E-state index >= 15 is 0 Å². The first-order valence-corrected chi connectivity index (χ1v) is 8.77. The normalized spacial score (nSPS) is 12.9. The van der Waals surface area contributed by atoms with Gasteiger partial charge in [0.05, 0.1) is 5.92 Å². The smallest absolute Gasteiger partial charge is 0.292 e. The average Bonchev–Trinajstić information content (AvgIpc) is 2.97. The number of nitrogens with two attached hydrogens (primary N) is 1. The number of amides is 1. The lowest BCUT2D eigenvalue weighted by molar-refractivity contribution is -0.122. The molecule has 0 bridgehead atoms. The van der Waals surface area contributed by atoms with E-state index in [9.17, 15) is 4.79 Å². The molecule has 0 saturated carbocycles. The fraction of sp³-hybridized carbons (Fsp3) is 0.333. The molecule has 0 spiro atoms. The number of hydrogen-bond acceptors (Lipinski definition) is 4. The Bertz CT molecular complexity index is 921. The van der Waals surface area contributed by atoms with Gasteiger partial charge in [-0.1, -0.05) is 51.1 Å². The Kier molecular flexibility index (Phi) is 4.72. The molecule has 0 saturated heterocycles. The summed E-state index contributed by atoms with van der Waals surface area (Å²) in [6.45, 7) is 8.93. The average molecular weight is 351 g/mol. The molecule has 5 heteroatoms. The molecule has 0 fully saturated rings. The van der Waals surface area contributed by atoms with Crippen molar-refractivity contribution in [1.82, 2.24) is 10.3 Å². The van der Waals surface area contributed by atoms with Crippen molar-refractivity contribution in [3.63, 3.8) is 0 Å². The summed E-state index contributed by atoms with van der Waals surface area (Å²) in [7, 11) is 0. The molecule has 5 nitrogen and oxygen atoms in total. The Morgan fingerprint density at radius 3 is 2.54 bits per heavy atom. The second-order valence-electron chi connectivity index (χ2n) is 7.67. The van der Waals surface area contributed by atoms with Crippen LogP contribution in [0.4, 0.5) is 6.01 Å². The van der Waals surface area contributed by atoms with Crippen LogP contribution in [0.1, 0.15) is 50.3 Å². The van der Waals surface area contributed by atoms with Crippen LogP contribution < -0.4 is 11.1 Å². The molecule has 1 unspecified atom stereocenters. The van der Waals surface area contributed by atoms with E-state index in [0.29, 0.717) is 17.6 Å². The zero-order chi connectivity index (χ0) is 18.9. The Hall–Kier alpha value is -2.82. The fourth-order valence-electron chi connectivity index (χ4n) is 2.84. The number of nitrogens with one attached hydrogen (secondary N) is 1. The fourth-order valence-corrected chi connectivity index (χ4v) is 2.84. The number of fused-ring (bicyclic) bond motifs is 1. The van der Waals surface area contributed by atoms with Gasteiger partial charge >= 0.3 is 0 Å². The largest absolute Gasteiger partial charge is 0.424 e. The van der Waals surface area contributed by atoms with Crippen molar-refractivity contribution in [3.8, 4) is 0 Å². The highest BCUT2D eigenvalue weighted by molar-refractivity contribution is 5.85. The number of aromatic nitrogens is 1. The third-order valence-corrected chi connectivity index (χ3v) is 4.61. The van der Waals surface area contributed by atoms with Crippen molar-refractivity contribution in [2.45, 2.75) is 45.6 Å². The molecule has 1 heterocycles. The molecule has 3 rings (SSSR count). The van der Waals surface area contributed by atoms with Crippen LogP contribution in [0.15, 0.2) is 46.9 Å². The van der Waals surface area contributed by atoms with Gasteiger partial charge in [-0.3, -0.25) is 4.79 Å². The van der Waals surface area contributed by atoms with Crippen LogP contribution in [0.25, 0.3) is 11.1 Å². The van der Waals surface area contributed by atoms with E-state index in [4.69, 9.17) is 10.2 Å². The number of benzene rings is 2. The number of nitrogens with zero attached hydrogens (tertiary/aromatic N) is 1. The predicted molar refractivity (Wildman–Crippen MR) is 104 cm³/mol. The number of carbonyl (C=O) groups is 1. The van der Waals surface area contributed by atoms with Crippen molar-refractivity contribution in [2.75, 3.05) is 5.73 Å². The topological polar surface area (TPSA) is 81.2 Å². The van der Waals surface area contributed by atoms with Crippen molar-refractivity contribution in [2.24, 2.45) is 0 Å². The van der Waals surface area contributed by atoms with Crippen molar-refractivity contribution >= 4 is 23.0 Å². The van der Waals surface area contributed by atoms with Gasteiger partial charge in [0.25, 0.3) is 6.01 Å². The monoisotopic (exact) mass is 351 g/mol. The third kappa shape index (κ3) is 3.87. The maximum absolute atomic E-state index is 12.5. The summed E-state index contributed by atoms with van der Waals surface area (Å²) in [5, 5.41) is 3.00. The van der Waals surface area contributed by atoms with Gasteiger partial charge in [0.1, 0.15) is 5.52 Å². The van der Waals surface area contributed by atoms with E-state index in [1.807, 2.05) is 25.1 Å². The molecular weight excluding hydrogens is 326 g/mol. The zero-order valence-corrected chi connectivity index (χ0v) is 15.7. The van der Waals surface area contributed by atoms with E-state index in [-0.39, 0.29) is 23.3 Å². The van der Waals surface area contributed by atoms with Crippen LogP contribution in [0.2, 0.25) is 0 Å². The predicted octanol–water partition coefficient (Wildman–Crippen LogP) is 4.13. The van der Waals surface area contributed by atoms with Gasteiger partial charge in [0.15, 0.2) is 5.58 Å². The molecule has 0 aliphatic rings. The van der Waals surface area contributed by atoms with Gasteiger partial charge in [0, 0.05) is 6.54 Å². The van der Waals surface area contributed by atoms with E-state index in [1.54, 1.807) is 0 Å². The van der Waals surface area contributed by atoms with Gasteiger partial charge in [-0.15, -0.1) is 0 Å². The lowest BCUT2D eigenvalue weighted by Crippen LogP contribution is -2.27. The summed E-state index contributed by atoms with van der Waals surface area (Å²) in [5.41, 5.74) is 10.2. The maximum atomic E-state index is 12.5. The number of oxazole rings is 1. The van der Waals surface area contributed by atoms with Crippen LogP contribution in [-0.4, -0.2) is 10.9 Å². The first-order chi connectivity index (χ1) is 12.2. The zero-order valence-electron chi connectivity index (χ0n) is 15.7. The minimum atomic E-state index is -0.292. The summed E-state index contributed by atoms with van der Waals surface area (Å²) in [4.78, 5) is 16.6. The molecular formula is C21H25N3O2. The van der Waals surface area contributed by atoms with Gasteiger partial charge in [-0.05, 0) is 41.2 Å². The SMILES string of the molecule is CC(C(=O)NCc1ccc(C(C)(C)C)cc1)c1ccc2nc(N)oc2c1. The molecule has 136 valence electrons. The number of rotatable bonds is 4. The van der Waals surface area contributed by atoms with Crippen molar-refractivity contribution in [3.05, 3.63) is 59.2 Å². The third-order valence-electron chi connectivity index (χ3n) is 4.61.